The number of aromatic nitrogens is 2. The lowest BCUT2D eigenvalue weighted by Crippen LogP contribution is -2.23. The predicted molar refractivity (Wildman–Crippen MR) is 151 cm³/mol. The van der Waals surface area contributed by atoms with E-state index in [1.54, 1.807) is 0 Å². The molecule has 0 bridgehead atoms. The van der Waals surface area contributed by atoms with Gasteiger partial charge in [-0.05, 0) is 42.0 Å². The maximum absolute atomic E-state index is 12.7. The fourth-order valence-corrected chi connectivity index (χ4v) is 4.99. The van der Waals surface area contributed by atoms with Gasteiger partial charge in [0.2, 0.25) is 5.82 Å². The summed E-state index contributed by atoms with van der Waals surface area (Å²) in [7, 11) is 0. The number of fused-ring (bicyclic) bond motifs is 1. The summed E-state index contributed by atoms with van der Waals surface area (Å²) < 4.78 is 16.5. The molecule has 0 radical (unpaired) electrons. The highest BCUT2D eigenvalue weighted by Crippen LogP contribution is 2.49. The lowest BCUT2D eigenvalue weighted by Gasteiger charge is -2.14. The summed E-state index contributed by atoms with van der Waals surface area (Å²) in [5.74, 6) is -0.476. The van der Waals surface area contributed by atoms with Crippen molar-refractivity contribution in [3.63, 3.8) is 0 Å². The zero-order valence-corrected chi connectivity index (χ0v) is 22.5. The van der Waals surface area contributed by atoms with E-state index in [1.165, 1.54) is 6.26 Å². The maximum Gasteiger partial charge on any atom is 0.376 e. The van der Waals surface area contributed by atoms with Crippen LogP contribution in [0.4, 0.5) is 0 Å². The van der Waals surface area contributed by atoms with Crippen molar-refractivity contribution in [2.24, 2.45) is 0 Å². The number of carbonyl (C=O) groups excluding carboxylic acids is 2. The molecule has 1 saturated carbocycles. The molecule has 2 heterocycles. The molecule has 3 aromatic carbocycles. The average Bonchev–Trinajstić information content (AvgIpc) is 3.70. The smallest absolute Gasteiger partial charge is 0.376 e. The average molecular weight is 553 g/mol. The summed E-state index contributed by atoms with van der Waals surface area (Å²) in [6, 6.07) is 25.2. The lowest BCUT2D eigenvalue weighted by molar-refractivity contribution is -0.146. The zero-order chi connectivity index (χ0) is 27.7. The van der Waals surface area contributed by atoms with Crippen LogP contribution in [0.3, 0.4) is 0 Å². The Kier molecular flexibility index (Phi) is 6.82. The first-order valence-corrected chi connectivity index (χ1v) is 13.4. The van der Waals surface area contributed by atoms with Crippen LogP contribution in [-0.4, -0.2) is 28.5 Å². The van der Waals surface area contributed by atoms with E-state index in [0.717, 1.165) is 40.7 Å². The molecule has 0 saturated heterocycles. The van der Waals surface area contributed by atoms with Crippen LogP contribution in [0.25, 0.3) is 33.4 Å². The van der Waals surface area contributed by atoms with E-state index in [1.807, 2.05) is 85.8 Å². The molecule has 1 aliphatic rings. The Morgan fingerprint density at radius 1 is 0.875 bits per heavy atom. The minimum atomic E-state index is -0.672. The molecule has 0 unspecified atom stereocenters. The SMILES string of the molecule is CCOC(=O)C1(c2ccc(-c3ccc(-c4occ5c(Cl)nc(C(=O)OCc6ccccc6)nc45)cc3)cc2)CC1. The maximum atomic E-state index is 12.7. The number of hydrogen-bond donors (Lipinski definition) is 0. The second kappa shape index (κ2) is 10.6. The normalized spacial score (nSPS) is 13.7. The second-order valence-corrected chi connectivity index (χ2v) is 10.0. The van der Waals surface area contributed by atoms with Crippen LogP contribution in [0.2, 0.25) is 5.15 Å². The molecule has 0 spiro atoms. The summed E-state index contributed by atoms with van der Waals surface area (Å²) in [4.78, 5) is 33.6. The largest absolute Gasteiger partial charge is 0.465 e. The molecule has 200 valence electrons. The minimum Gasteiger partial charge on any atom is -0.465 e. The summed E-state index contributed by atoms with van der Waals surface area (Å²) in [5.41, 5.74) is 4.58. The number of carbonyl (C=O) groups is 2. The molecular weight excluding hydrogens is 528 g/mol. The van der Waals surface area contributed by atoms with Crippen LogP contribution in [0.5, 0.6) is 0 Å². The highest BCUT2D eigenvalue weighted by Gasteiger charge is 2.52. The zero-order valence-electron chi connectivity index (χ0n) is 21.7. The molecule has 1 aliphatic carbocycles. The Bertz CT molecular complexity index is 1690. The van der Waals surface area contributed by atoms with Gasteiger partial charge in [-0.3, -0.25) is 4.79 Å². The number of nitrogens with zero attached hydrogens (tertiary/aromatic N) is 2. The van der Waals surface area contributed by atoms with E-state index in [2.05, 4.69) is 9.97 Å². The molecule has 5 aromatic rings. The Labute approximate surface area is 235 Å². The molecule has 0 N–H and O–H groups in total. The van der Waals surface area contributed by atoms with E-state index in [4.69, 9.17) is 25.5 Å². The monoisotopic (exact) mass is 552 g/mol. The Hall–Kier alpha value is -4.49. The van der Waals surface area contributed by atoms with Crippen molar-refractivity contribution in [3.05, 3.63) is 107 Å². The van der Waals surface area contributed by atoms with Gasteiger partial charge in [0.05, 0.1) is 17.4 Å². The molecule has 1 fully saturated rings. The molecular formula is C32H25ClN2O5. The van der Waals surface area contributed by atoms with Crippen molar-refractivity contribution in [2.45, 2.75) is 31.8 Å². The van der Waals surface area contributed by atoms with Crippen molar-refractivity contribution in [1.29, 1.82) is 0 Å². The van der Waals surface area contributed by atoms with Gasteiger partial charge >= 0.3 is 11.9 Å². The van der Waals surface area contributed by atoms with Gasteiger partial charge in [-0.1, -0.05) is 90.5 Å². The minimum absolute atomic E-state index is 0.100. The highest BCUT2D eigenvalue weighted by molar-refractivity contribution is 6.34. The van der Waals surface area contributed by atoms with Crippen molar-refractivity contribution < 1.29 is 23.5 Å². The number of hydrogen-bond acceptors (Lipinski definition) is 7. The third kappa shape index (κ3) is 4.84. The van der Waals surface area contributed by atoms with Crippen LogP contribution < -0.4 is 0 Å². The lowest BCUT2D eigenvalue weighted by atomic mass is 9.93. The summed E-state index contributed by atoms with van der Waals surface area (Å²) in [6.45, 7) is 2.31. The topological polar surface area (TPSA) is 91.5 Å². The first-order valence-electron chi connectivity index (χ1n) is 13.0. The van der Waals surface area contributed by atoms with Gasteiger partial charge in [0.25, 0.3) is 0 Å². The highest BCUT2D eigenvalue weighted by atomic mass is 35.5. The van der Waals surface area contributed by atoms with Crippen LogP contribution >= 0.6 is 11.6 Å². The van der Waals surface area contributed by atoms with Crippen LogP contribution in [0, 0.1) is 0 Å². The standard InChI is InChI=1S/C32H25ClN2O5/c1-2-38-31(37)32(16-17-32)24-14-12-22(13-15-24)21-8-10-23(11-9-21)27-26-25(19-39-27)28(33)35-29(34-26)30(36)40-18-20-6-4-3-5-7-20/h3-15,19H,2,16-18H2,1H3. The molecule has 8 heteroatoms. The Morgan fingerprint density at radius 3 is 2.17 bits per heavy atom. The number of ether oxygens (including phenoxy) is 2. The van der Waals surface area contributed by atoms with Gasteiger partial charge in [-0.2, -0.15) is 0 Å². The number of furan rings is 1. The fraction of sp³-hybridized carbons (Fsp3) is 0.188. The van der Waals surface area contributed by atoms with Gasteiger partial charge < -0.3 is 13.9 Å². The van der Waals surface area contributed by atoms with E-state index in [0.29, 0.717) is 23.3 Å². The van der Waals surface area contributed by atoms with Gasteiger partial charge in [0, 0.05) is 5.56 Å². The second-order valence-electron chi connectivity index (χ2n) is 9.68. The van der Waals surface area contributed by atoms with Crippen molar-refractivity contribution >= 4 is 34.4 Å². The summed E-state index contributed by atoms with van der Waals surface area (Å²) in [6.07, 6.45) is 3.12. The quantitative estimate of drug-likeness (QED) is 0.149. The fourth-order valence-electron chi connectivity index (χ4n) is 4.78. The predicted octanol–water partition coefficient (Wildman–Crippen LogP) is 7.16. The van der Waals surface area contributed by atoms with E-state index < -0.39 is 11.4 Å². The van der Waals surface area contributed by atoms with E-state index in [-0.39, 0.29) is 23.6 Å². The van der Waals surface area contributed by atoms with Gasteiger partial charge in [0.15, 0.2) is 5.76 Å². The molecule has 40 heavy (non-hydrogen) atoms. The van der Waals surface area contributed by atoms with Gasteiger partial charge in [-0.25, -0.2) is 14.8 Å². The number of halogens is 1. The third-order valence-electron chi connectivity index (χ3n) is 7.14. The molecule has 2 aromatic heterocycles. The molecule has 7 nitrogen and oxygen atoms in total. The number of rotatable bonds is 8. The third-order valence-corrected chi connectivity index (χ3v) is 7.43. The Balaban J connectivity index is 1.22. The molecule has 0 atom stereocenters. The summed E-state index contributed by atoms with van der Waals surface area (Å²) >= 11 is 6.37. The number of esters is 2. The molecule has 6 rings (SSSR count). The van der Waals surface area contributed by atoms with Crippen LogP contribution in [0.1, 0.15) is 41.5 Å². The number of benzene rings is 3. The first-order chi connectivity index (χ1) is 19.5. The van der Waals surface area contributed by atoms with Crippen LogP contribution in [-0.2, 0) is 26.3 Å². The van der Waals surface area contributed by atoms with Crippen LogP contribution in [0.15, 0.2) is 89.5 Å². The summed E-state index contributed by atoms with van der Waals surface area (Å²) in [5, 5.41) is 0.617. The van der Waals surface area contributed by atoms with Crippen molar-refractivity contribution in [2.75, 3.05) is 6.61 Å². The van der Waals surface area contributed by atoms with Gasteiger partial charge in [-0.15, -0.1) is 0 Å². The van der Waals surface area contributed by atoms with E-state index >= 15 is 0 Å². The molecule has 0 aliphatic heterocycles. The van der Waals surface area contributed by atoms with Crippen molar-refractivity contribution in [1.82, 2.24) is 9.97 Å². The molecule has 0 amide bonds. The van der Waals surface area contributed by atoms with Crippen molar-refractivity contribution in [3.8, 4) is 22.5 Å². The Morgan fingerprint density at radius 2 is 1.52 bits per heavy atom. The van der Waals surface area contributed by atoms with Gasteiger partial charge in [0.1, 0.15) is 23.5 Å². The van der Waals surface area contributed by atoms with E-state index in [9.17, 15) is 9.59 Å². The first kappa shape index (κ1) is 25.8.